The fourth-order valence-corrected chi connectivity index (χ4v) is 2.28. The molecule has 66 valence electrons. The molecule has 0 aliphatic carbocycles. The molecule has 12 heavy (non-hydrogen) atoms. The summed E-state index contributed by atoms with van der Waals surface area (Å²) < 4.78 is 0. The Balaban J connectivity index is 2.46. The first kappa shape index (κ1) is 10.2. The van der Waals surface area contributed by atoms with Crippen LogP contribution in [0.3, 0.4) is 0 Å². The van der Waals surface area contributed by atoms with Gasteiger partial charge in [0.15, 0.2) is 0 Å². The fraction of sp³-hybridized carbons (Fsp3) is 0.333. The summed E-state index contributed by atoms with van der Waals surface area (Å²) in [5, 5.41) is 0.831. The number of hydrogen-bond donors (Lipinski definition) is 0. The zero-order valence-electron chi connectivity index (χ0n) is 6.59. The molecule has 0 aliphatic rings. The molecular formula is C9H10Cl2S. The lowest BCUT2D eigenvalue weighted by molar-refractivity contribution is 1.11. The van der Waals surface area contributed by atoms with Gasteiger partial charge in [-0.1, -0.05) is 23.7 Å². The zero-order valence-corrected chi connectivity index (χ0v) is 8.92. The smallest absolute Gasteiger partial charge is 0.0541 e. The summed E-state index contributed by atoms with van der Waals surface area (Å²) in [6.07, 6.45) is 1.03. The van der Waals surface area contributed by atoms with Crippen molar-refractivity contribution in [3.63, 3.8) is 0 Å². The summed E-state index contributed by atoms with van der Waals surface area (Å²) in [6.45, 7) is 0. The normalized spacial score (nSPS) is 10.2. The summed E-state index contributed by atoms with van der Waals surface area (Å²) in [6, 6.07) is 7.87. The minimum absolute atomic E-state index is 0.720. The molecule has 0 fully saturated rings. The topological polar surface area (TPSA) is 0 Å². The SMILES string of the molecule is ClCCCSc1ccccc1Cl. The van der Waals surface area contributed by atoms with Crippen LogP contribution in [0, 0.1) is 0 Å². The van der Waals surface area contributed by atoms with E-state index in [1.807, 2.05) is 24.3 Å². The molecule has 0 radical (unpaired) electrons. The van der Waals surface area contributed by atoms with Crippen molar-refractivity contribution in [2.45, 2.75) is 11.3 Å². The molecule has 3 heteroatoms. The standard InChI is InChI=1S/C9H10Cl2S/c10-6-3-7-12-9-5-2-1-4-8(9)11/h1-2,4-5H,3,6-7H2. The maximum absolute atomic E-state index is 5.95. The Hall–Kier alpha value is 0.150. The van der Waals surface area contributed by atoms with E-state index in [2.05, 4.69) is 0 Å². The van der Waals surface area contributed by atoms with E-state index in [1.54, 1.807) is 11.8 Å². The molecule has 1 aromatic rings. The largest absolute Gasteiger partial charge is 0.127 e. The Kier molecular flexibility index (Phi) is 4.89. The van der Waals surface area contributed by atoms with E-state index in [9.17, 15) is 0 Å². The van der Waals surface area contributed by atoms with Gasteiger partial charge in [-0.05, 0) is 24.3 Å². The number of hydrogen-bond acceptors (Lipinski definition) is 1. The van der Waals surface area contributed by atoms with Crippen molar-refractivity contribution in [2.24, 2.45) is 0 Å². The van der Waals surface area contributed by atoms with E-state index in [4.69, 9.17) is 23.2 Å². The predicted octanol–water partition coefficient (Wildman–Crippen LogP) is 4.06. The van der Waals surface area contributed by atoms with E-state index < -0.39 is 0 Å². The van der Waals surface area contributed by atoms with Crippen molar-refractivity contribution in [2.75, 3.05) is 11.6 Å². The Morgan fingerprint density at radius 1 is 1.25 bits per heavy atom. The summed E-state index contributed by atoms with van der Waals surface area (Å²) in [5.41, 5.74) is 0. The van der Waals surface area contributed by atoms with E-state index >= 15 is 0 Å². The predicted molar refractivity (Wildman–Crippen MR) is 57.5 cm³/mol. The third-order valence-corrected chi connectivity index (χ3v) is 3.24. The third kappa shape index (κ3) is 3.26. The van der Waals surface area contributed by atoms with Gasteiger partial charge in [0.2, 0.25) is 0 Å². The van der Waals surface area contributed by atoms with Crippen LogP contribution in [-0.2, 0) is 0 Å². The van der Waals surface area contributed by atoms with Crippen LogP contribution in [0.1, 0.15) is 6.42 Å². The van der Waals surface area contributed by atoms with Crippen LogP contribution in [0.2, 0.25) is 5.02 Å². The highest BCUT2D eigenvalue weighted by molar-refractivity contribution is 7.99. The molecule has 0 bridgehead atoms. The van der Waals surface area contributed by atoms with Crippen molar-refractivity contribution in [1.29, 1.82) is 0 Å². The Labute approximate surface area is 87.3 Å². The van der Waals surface area contributed by atoms with Gasteiger partial charge in [0, 0.05) is 10.8 Å². The van der Waals surface area contributed by atoms with Crippen LogP contribution < -0.4 is 0 Å². The quantitative estimate of drug-likeness (QED) is 0.419. The molecule has 1 aromatic carbocycles. The van der Waals surface area contributed by atoms with Gasteiger partial charge in [-0.2, -0.15) is 0 Å². The van der Waals surface area contributed by atoms with Gasteiger partial charge in [0.1, 0.15) is 0 Å². The average molecular weight is 221 g/mol. The first-order valence-corrected chi connectivity index (χ1v) is 5.67. The summed E-state index contributed by atoms with van der Waals surface area (Å²) in [5.74, 6) is 1.75. The highest BCUT2D eigenvalue weighted by Crippen LogP contribution is 2.26. The molecule has 0 amide bonds. The van der Waals surface area contributed by atoms with Crippen molar-refractivity contribution >= 4 is 35.0 Å². The first-order valence-electron chi connectivity index (χ1n) is 3.78. The van der Waals surface area contributed by atoms with Gasteiger partial charge < -0.3 is 0 Å². The number of benzene rings is 1. The highest BCUT2D eigenvalue weighted by Gasteiger charge is 1.97. The highest BCUT2D eigenvalue weighted by atomic mass is 35.5. The van der Waals surface area contributed by atoms with E-state index in [-0.39, 0.29) is 0 Å². The average Bonchev–Trinajstić information content (AvgIpc) is 2.09. The second-order valence-corrected chi connectivity index (χ2v) is 4.24. The lowest BCUT2D eigenvalue weighted by Gasteiger charge is -2.01. The monoisotopic (exact) mass is 220 g/mol. The molecule has 0 saturated heterocycles. The van der Waals surface area contributed by atoms with Crippen molar-refractivity contribution in [1.82, 2.24) is 0 Å². The minimum Gasteiger partial charge on any atom is -0.127 e. The van der Waals surface area contributed by atoms with Crippen molar-refractivity contribution in [3.05, 3.63) is 29.3 Å². The fourth-order valence-electron chi connectivity index (χ4n) is 0.798. The molecule has 1 rings (SSSR count). The maximum atomic E-state index is 5.95. The van der Waals surface area contributed by atoms with Gasteiger partial charge in [-0.3, -0.25) is 0 Å². The van der Waals surface area contributed by atoms with Gasteiger partial charge in [0.25, 0.3) is 0 Å². The Morgan fingerprint density at radius 2 is 2.00 bits per heavy atom. The van der Waals surface area contributed by atoms with Gasteiger partial charge in [-0.15, -0.1) is 23.4 Å². The lowest BCUT2D eigenvalue weighted by Crippen LogP contribution is -1.81. The zero-order chi connectivity index (χ0) is 8.81. The molecular weight excluding hydrogens is 211 g/mol. The second-order valence-electron chi connectivity index (χ2n) is 2.32. The van der Waals surface area contributed by atoms with Crippen LogP contribution in [0.4, 0.5) is 0 Å². The number of alkyl halides is 1. The van der Waals surface area contributed by atoms with E-state index in [1.165, 1.54) is 0 Å². The van der Waals surface area contributed by atoms with Gasteiger partial charge in [0.05, 0.1) is 5.02 Å². The minimum atomic E-state index is 0.720. The first-order chi connectivity index (χ1) is 5.84. The summed E-state index contributed by atoms with van der Waals surface area (Å²) in [4.78, 5) is 1.14. The third-order valence-electron chi connectivity index (χ3n) is 1.37. The Morgan fingerprint density at radius 3 is 2.67 bits per heavy atom. The summed E-state index contributed by atoms with van der Waals surface area (Å²) in [7, 11) is 0. The molecule has 0 atom stereocenters. The maximum Gasteiger partial charge on any atom is 0.0541 e. The molecule has 0 spiro atoms. The molecule has 0 unspecified atom stereocenters. The second kappa shape index (κ2) is 5.74. The van der Waals surface area contributed by atoms with Crippen LogP contribution in [0.5, 0.6) is 0 Å². The number of rotatable bonds is 4. The Bertz CT molecular complexity index is 238. The van der Waals surface area contributed by atoms with Gasteiger partial charge >= 0.3 is 0 Å². The lowest BCUT2D eigenvalue weighted by atomic mass is 10.4. The molecule has 0 heterocycles. The van der Waals surface area contributed by atoms with Crippen LogP contribution in [-0.4, -0.2) is 11.6 Å². The molecule has 0 nitrogen and oxygen atoms in total. The molecule has 0 aromatic heterocycles. The number of thioether (sulfide) groups is 1. The van der Waals surface area contributed by atoms with Crippen LogP contribution in [0.25, 0.3) is 0 Å². The van der Waals surface area contributed by atoms with Crippen LogP contribution >= 0.6 is 35.0 Å². The van der Waals surface area contributed by atoms with Crippen LogP contribution in [0.15, 0.2) is 29.2 Å². The summed E-state index contributed by atoms with van der Waals surface area (Å²) >= 11 is 13.3. The molecule has 0 aliphatic heterocycles. The van der Waals surface area contributed by atoms with E-state index in [0.29, 0.717) is 0 Å². The number of halogens is 2. The molecule has 0 N–H and O–H groups in total. The van der Waals surface area contributed by atoms with E-state index in [0.717, 1.165) is 28.0 Å². The van der Waals surface area contributed by atoms with Crippen molar-refractivity contribution < 1.29 is 0 Å². The molecule has 0 saturated carbocycles. The van der Waals surface area contributed by atoms with Gasteiger partial charge in [-0.25, -0.2) is 0 Å². The van der Waals surface area contributed by atoms with Crippen molar-refractivity contribution in [3.8, 4) is 0 Å².